The van der Waals surface area contributed by atoms with E-state index in [1.165, 1.54) is 11.3 Å². The molecule has 0 spiro atoms. The Bertz CT molecular complexity index is 540. The lowest BCUT2D eigenvalue weighted by molar-refractivity contribution is 0.767. The maximum atomic E-state index is 6.03. The zero-order valence-corrected chi connectivity index (χ0v) is 11.4. The van der Waals surface area contributed by atoms with Crippen LogP contribution in [0.3, 0.4) is 0 Å². The smallest absolute Gasteiger partial charge is 0.126 e. The molecule has 2 N–H and O–H groups in total. The van der Waals surface area contributed by atoms with E-state index in [2.05, 4.69) is 48.2 Å². The highest BCUT2D eigenvalue weighted by atomic mass is 15.3. The quantitative estimate of drug-likeness (QED) is 0.901. The molecule has 0 saturated carbocycles. The van der Waals surface area contributed by atoms with E-state index in [-0.39, 0.29) is 0 Å². The summed E-state index contributed by atoms with van der Waals surface area (Å²) in [5, 5.41) is 4.34. The minimum atomic E-state index is 0.742. The molecule has 4 nitrogen and oxygen atoms in total. The molecule has 1 aromatic carbocycles. The molecule has 0 aliphatic carbocycles. The molecule has 0 aliphatic heterocycles. The minimum Gasteiger partial charge on any atom is -0.384 e. The minimum absolute atomic E-state index is 0.742. The number of anilines is 2. The number of rotatable bonds is 3. The molecule has 0 aliphatic rings. The fourth-order valence-corrected chi connectivity index (χ4v) is 2.04. The maximum absolute atomic E-state index is 6.03. The molecule has 2 rings (SSSR count). The summed E-state index contributed by atoms with van der Waals surface area (Å²) in [6.45, 7) is 4.86. The van der Waals surface area contributed by atoms with Gasteiger partial charge >= 0.3 is 0 Å². The van der Waals surface area contributed by atoms with Crippen molar-refractivity contribution in [1.82, 2.24) is 9.78 Å². The molecule has 0 amide bonds. The summed E-state index contributed by atoms with van der Waals surface area (Å²) >= 11 is 0. The summed E-state index contributed by atoms with van der Waals surface area (Å²) < 4.78 is 1.73. The molecule has 0 saturated heterocycles. The summed E-state index contributed by atoms with van der Waals surface area (Å²) in [5.74, 6) is 0.742. The number of nitrogens with zero attached hydrogens (tertiary/aromatic N) is 3. The Morgan fingerprint density at radius 3 is 2.33 bits per heavy atom. The van der Waals surface area contributed by atoms with E-state index in [9.17, 15) is 0 Å². The van der Waals surface area contributed by atoms with Gasteiger partial charge in [-0.05, 0) is 26.0 Å². The predicted molar refractivity (Wildman–Crippen MR) is 75.6 cm³/mol. The van der Waals surface area contributed by atoms with Crippen LogP contribution >= 0.6 is 0 Å². The molecule has 0 radical (unpaired) electrons. The van der Waals surface area contributed by atoms with Crippen molar-refractivity contribution >= 4 is 11.5 Å². The van der Waals surface area contributed by atoms with Crippen LogP contribution in [0, 0.1) is 13.8 Å². The second-order valence-corrected chi connectivity index (χ2v) is 4.76. The monoisotopic (exact) mass is 244 g/mol. The van der Waals surface area contributed by atoms with E-state index in [0.29, 0.717) is 0 Å². The van der Waals surface area contributed by atoms with Gasteiger partial charge in [-0.15, -0.1) is 0 Å². The van der Waals surface area contributed by atoms with Crippen LogP contribution in [0.4, 0.5) is 11.5 Å². The third-order valence-electron chi connectivity index (χ3n) is 3.26. The van der Waals surface area contributed by atoms with Gasteiger partial charge in [0.05, 0.1) is 5.69 Å². The van der Waals surface area contributed by atoms with Crippen molar-refractivity contribution in [2.24, 2.45) is 7.05 Å². The Kier molecular flexibility index (Phi) is 3.28. The summed E-state index contributed by atoms with van der Waals surface area (Å²) in [6, 6.07) is 8.48. The molecule has 0 unspecified atom stereocenters. The SMILES string of the molecule is Cc1ccc(N(C)Cc2c(C)nn(C)c2N)cc1. The molecule has 0 fully saturated rings. The van der Waals surface area contributed by atoms with E-state index in [4.69, 9.17) is 5.73 Å². The van der Waals surface area contributed by atoms with Crippen LogP contribution in [-0.4, -0.2) is 16.8 Å². The summed E-state index contributed by atoms with van der Waals surface area (Å²) in [7, 11) is 3.94. The molecule has 18 heavy (non-hydrogen) atoms. The van der Waals surface area contributed by atoms with Crippen molar-refractivity contribution in [2.75, 3.05) is 17.7 Å². The van der Waals surface area contributed by atoms with Crippen molar-refractivity contribution in [2.45, 2.75) is 20.4 Å². The first-order valence-electron chi connectivity index (χ1n) is 6.05. The maximum Gasteiger partial charge on any atom is 0.126 e. The van der Waals surface area contributed by atoms with Crippen LogP contribution in [-0.2, 0) is 13.6 Å². The van der Waals surface area contributed by atoms with Gasteiger partial charge in [-0.1, -0.05) is 17.7 Å². The third-order valence-corrected chi connectivity index (χ3v) is 3.26. The second kappa shape index (κ2) is 4.72. The number of aromatic nitrogens is 2. The van der Waals surface area contributed by atoms with Crippen LogP contribution in [0.25, 0.3) is 0 Å². The van der Waals surface area contributed by atoms with Crippen molar-refractivity contribution < 1.29 is 0 Å². The largest absolute Gasteiger partial charge is 0.384 e. The van der Waals surface area contributed by atoms with E-state index in [1.807, 2.05) is 14.0 Å². The molecule has 96 valence electrons. The number of benzene rings is 1. The normalized spacial score (nSPS) is 10.7. The standard InChI is InChI=1S/C14H20N4/c1-10-5-7-12(8-6-10)17(3)9-13-11(2)16-18(4)14(13)15/h5-8H,9,15H2,1-4H3. The fourth-order valence-electron chi connectivity index (χ4n) is 2.04. The Labute approximate surface area is 108 Å². The molecule has 0 atom stereocenters. The second-order valence-electron chi connectivity index (χ2n) is 4.76. The van der Waals surface area contributed by atoms with Crippen LogP contribution in [0.5, 0.6) is 0 Å². The van der Waals surface area contributed by atoms with Crippen molar-refractivity contribution in [1.29, 1.82) is 0 Å². The van der Waals surface area contributed by atoms with Gasteiger partial charge in [-0.2, -0.15) is 5.10 Å². The summed E-state index contributed by atoms with van der Waals surface area (Å²) in [5.41, 5.74) is 10.6. The summed E-state index contributed by atoms with van der Waals surface area (Å²) in [6.07, 6.45) is 0. The highest BCUT2D eigenvalue weighted by molar-refractivity contribution is 5.51. The van der Waals surface area contributed by atoms with Crippen molar-refractivity contribution in [3.8, 4) is 0 Å². The number of hydrogen-bond acceptors (Lipinski definition) is 3. The predicted octanol–water partition coefficient (Wildman–Crippen LogP) is 2.26. The first-order chi connectivity index (χ1) is 8.49. The van der Waals surface area contributed by atoms with Gasteiger partial charge in [0, 0.05) is 31.9 Å². The van der Waals surface area contributed by atoms with Gasteiger partial charge in [0.25, 0.3) is 0 Å². The number of nitrogens with two attached hydrogens (primary N) is 1. The fraction of sp³-hybridized carbons (Fsp3) is 0.357. The van der Waals surface area contributed by atoms with Crippen LogP contribution in [0.1, 0.15) is 16.8 Å². The van der Waals surface area contributed by atoms with Gasteiger partial charge in [0.2, 0.25) is 0 Å². The lowest BCUT2D eigenvalue weighted by Crippen LogP contribution is -2.17. The molecule has 4 heteroatoms. The Balaban J connectivity index is 2.21. The average Bonchev–Trinajstić information content (AvgIpc) is 2.57. The van der Waals surface area contributed by atoms with E-state index in [1.54, 1.807) is 4.68 Å². The highest BCUT2D eigenvalue weighted by Gasteiger charge is 2.12. The first kappa shape index (κ1) is 12.5. The van der Waals surface area contributed by atoms with Gasteiger partial charge < -0.3 is 10.6 Å². The van der Waals surface area contributed by atoms with Gasteiger partial charge in [0.1, 0.15) is 5.82 Å². The van der Waals surface area contributed by atoms with Crippen LogP contribution in [0.15, 0.2) is 24.3 Å². The number of aryl methyl sites for hydroxylation is 3. The van der Waals surface area contributed by atoms with Crippen LogP contribution < -0.4 is 10.6 Å². The average molecular weight is 244 g/mol. The molecular weight excluding hydrogens is 224 g/mol. The Hall–Kier alpha value is -1.97. The van der Waals surface area contributed by atoms with Crippen molar-refractivity contribution in [3.63, 3.8) is 0 Å². The topological polar surface area (TPSA) is 47.1 Å². The number of hydrogen-bond donors (Lipinski definition) is 1. The van der Waals surface area contributed by atoms with Crippen molar-refractivity contribution in [3.05, 3.63) is 41.1 Å². The molecule has 0 bridgehead atoms. The van der Waals surface area contributed by atoms with Gasteiger partial charge in [0.15, 0.2) is 0 Å². The summed E-state index contributed by atoms with van der Waals surface area (Å²) in [4.78, 5) is 2.18. The van der Waals surface area contributed by atoms with Crippen LogP contribution in [0.2, 0.25) is 0 Å². The number of nitrogen functional groups attached to an aromatic ring is 1. The molecule has 2 aromatic rings. The first-order valence-corrected chi connectivity index (χ1v) is 6.05. The molecule has 1 heterocycles. The van der Waals surface area contributed by atoms with E-state index in [0.717, 1.165) is 23.6 Å². The molecule has 1 aromatic heterocycles. The zero-order chi connectivity index (χ0) is 13.3. The Morgan fingerprint density at radius 2 is 1.83 bits per heavy atom. The third kappa shape index (κ3) is 2.32. The van der Waals surface area contributed by atoms with E-state index >= 15 is 0 Å². The zero-order valence-electron chi connectivity index (χ0n) is 11.4. The van der Waals surface area contributed by atoms with Gasteiger partial charge in [-0.25, -0.2) is 0 Å². The Morgan fingerprint density at radius 1 is 1.22 bits per heavy atom. The van der Waals surface area contributed by atoms with E-state index < -0.39 is 0 Å². The lowest BCUT2D eigenvalue weighted by Gasteiger charge is -2.19. The lowest BCUT2D eigenvalue weighted by atomic mass is 10.2. The molecular formula is C14H20N4. The highest BCUT2D eigenvalue weighted by Crippen LogP contribution is 2.21. The van der Waals surface area contributed by atoms with Gasteiger partial charge in [-0.3, -0.25) is 4.68 Å².